The number of hydrogen-bond acceptors (Lipinski definition) is 3. The highest BCUT2D eigenvalue weighted by molar-refractivity contribution is 5.28. The van der Waals surface area contributed by atoms with E-state index in [1.165, 1.54) is 5.56 Å². The Balaban J connectivity index is 2.16. The van der Waals surface area contributed by atoms with E-state index in [1.807, 2.05) is 18.2 Å². The molecule has 0 bridgehead atoms. The van der Waals surface area contributed by atoms with E-state index in [2.05, 4.69) is 31.0 Å². The molecule has 0 atom stereocenters. The summed E-state index contributed by atoms with van der Waals surface area (Å²) in [5, 5.41) is 3.30. The first-order valence-corrected chi connectivity index (χ1v) is 6.98. The van der Waals surface area contributed by atoms with Crippen LogP contribution in [0.25, 0.3) is 0 Å². The quantitative estimate of drug-likeness (QED) is 0.491. The molecule has 0 spiro atoms. The lowest BCUT2D eigenvalue weighted by atomic mass is 10.2. The van der Waals surface area contributed by atoms with Gasteiger partial charge in [-0.3, -0.25) is 0 Å². The van der Waals surface area contributed by atoms with Crippen LogP contribution in [0.15, 0.2) is 36.9 Å². The van der Waals surface area contributed by atoms with Crippen molar-refractivity contribution in [2.24, 2.45) is 0 Å². The minimum atomic E-state index is 0.596. The second kappa shape index (κ2) is 10.6. The zero-order chi connectivity index (χ0) is 13.8. The second-order valence-electron chi connectivity index (χ2n) is 4.32. The minimum Gasteiger partial charge on any atom is -0.491 e. The number of ether oxygens (including phenoxy) is 2. The van der Waals surface area contributed by atoms with Gasteiger partial charge in [0, 0.05) is 13.2 Å². The summed E-state index contributed by atoms with van der Waals surface area (Å²) in [6.45, 7) is 9.64. The number of unbranched alkanes of at least 4 members (excludes halogenated alkanes) is 1. The number of rotatable bonds is 11. The van der Waals surface area contributed by atoms with E-state index >= 15 is 0 Å². The first-order valence-electron chi connectivity index (χ1n) is 6.98. The number of allylic oxidation sites excluding steroid dienone is 1. The van der Waals surface area contributed by atoms with E-state index in [0.29, 0.717) is 13.2 Å². The van der Waals surface area contributed by atoms with E-state index in [1.54, 1.807) is 0 Å². The van der Waals surface area contributed by atoms with Crippen LogP contribution in [-0.4, -0.2) is 26.4 Å². The third-order valence-electron chi connectivity index (χ3n) is 2.67. The molecule has 0 radical (unpaired) electrons. The number of nitrogens with one attached hydrogen (secondary N) is 1. The molecular formula is C16H25NO2. The summed E-state index contributed by atoms with van der Waals surface area (Å²) in [7, 11) is 0. The normalized spacial score (nSPS) is 10.4. The van der Waals surface area contributed by atoms with Gasteiger partial charge in [-0.05, 0) is 37.1 Å². The maximum absolute atomic E-state index is 5.66. The SMILES string of the molecule is C=CCCCOCCOc1cccc(CNCC)c1. The maximum Gasteiger partial charge on any atom is 0.119 e. The van der Waals surface area contributed by atoms with Crippen molar-refractivity contribution in [3.63, 3.8) is 0 Å². The van der Waals surface area contributed by atoms with Gasteiger partial charge in [0.05, 0.1) is 6.61 Å². The van der Waals surface area contributed by atoms with E-state index in [9.17, 15) is 0 Å². The molecule has 0 saturated carbocycles. The molecule has 0 aromatic heterocycles. The van der Waals surface area contributed by atoms with Crippen LogP contribution in [0.3, 0.4) is 0 Å². The van der Waals surface area contributed by atoms with Crippen LogP contribution in [0.5, 0.6) is 5.75 Å². The highest BCUT2D eigenvalue weighted by Crippen LogP contribution is 2.13. The molecule has 0 aliphatic carbocycles. The van der Waals surface area contributed by atoms with Gasteiger partial charge in [-0.25, -0.2) is 0 Å². The molecule has 3 heteroatoms. The predicted molar refractivity (Wildman–Crippen MR) is 79.6 cm³/mol. The minimum absolute atomic E-state index is 0.596. The molecule has 0 aliphatic rings. The summed E-state index contributed by atoms with van der Waals surface area (Å²) in [4.78, 5) is 0. The van der Waals surface area contributed by atoms with E-state index < -0.39 is 0 Å². The van der Waals surface area contributed by atoms with Crippen LogP contribution >= 0.6 is 0 Å². The molecule has 0 fully saturated rings. The molecular weight excluding hydrogens is 238 g/mol. The Morgan fingerprint density at radius 3 is 2.95 bits per heavy atom. The van der Waals surface area contributed by atoms with Gasteiger partial charge in [0.25, 0.3) is 0 Å². The molecule has 106 valence electrons. The molecule has 0 saturated heterocycles. The summed E-state index contributed by atoms with van der Waals surface area (Å²) < 4.78 is 11.1. The van der Waals surface area contributed by atoms with Gasteiger partial charge in [0.15, 0.2) is 0 Å². The van der Waals surface area contributed by atoms with Gasteiger partial charge in [-0.15, -0.1) is 6.58 Å². The van der Waals surface area contributed by atoms with Crippen molar-refractivity contribution in [2.75, 3.05) is 26.4 Å². The van der Waals surface area contributed by atoms with Crippen LogP contribution in [0, 0.1) is 0 Å². The summed E-state index contributed by atoms with van der Waals surface area (Å²) in [5.74, 6) is 0.907. The summed E-state index contributed by atoms with van der Waals surface area (Å²) in [6, 6.07) is 8.17. The largest absolute Gasteiger partial charge is 0.491 e. The van der Waals surface area contributed by atoms with Crippen LogP contribution in [0.1, 0.15) is 25.3 Å². The second-order valence-corrected chi connectivity index (χ2v) is 4.32. The highest BCUT2D eigenvalue weighted by atomic mass is 16.5. The molecule has 19 heavy (non-hydrogen) atoms. The molecule has 1 aromatic carbocycles. The predicted octanol–water partition coefficient (Wildman–Crippen LogP) is 3.16. The van der Waals surface area contributed by atoms with Crippen LogP contribution in [0.2, 0.25) is 0 Å². The average Bonchev–Trinajstić information content (AvgIpc) is 2.44. The Labute approximate surface area is 116 Å². The molecule has 1 rings (SSSR count). The molecule has 3 nitrogen and oxygen atoms in total. The van der Waals surface area contributed by atoms with Crippen LogP contribution in [0.4, 0.5) is 0 Å². The lowest BCUT2D eigenvalue weighted by Crippen LogP contribution is -2.12. The van der Waals surface area contributed by atoms with Gasteiger partial charge in [-0.1, -0.05) is 25.1 Å². The third kappa shape index (κ3) is 7.65. The van der Waals surface area contributed by atoms with Gasteiger partial charge in [0.1, 0.15) is 12.4 Å². The lowest BCUT2D eigenvalue weighted by molar-refractivity contribution is 0.0988. The molecule has 1 aromatic rings. The van der Waals surface area contributed by atoms with Crippen molar-refractivity contribution >= 4 is 0 Å². The summed E-state index contributed by atoms with van der Waals surface area (Å²) in [6.07, 6.45) is 3.95. The zero-order valence-corrected chi connectivity index (χ0v) is 11.9. The fraction of sp³-hybridized carbons (Fsp3) is 0.500. The van der Waals surface area contributed by atoms with Crippen LogP contribution < -0.4 is 10.1 Å². The van der Waals surface area contributed by atoms with E-state index in [0.717, 1.165) is 38.3 Å². The zero-order valence-electron chi connectivity index (χ0n) is 11.9. The maximum atomic E-state index is 5.66. The smallest absolute Gasteiger partial charge is 0.119 e. The summed E-state index contributed by atoms with van der Waals surface area (Å²) in [5.41, 5.74) is 1.24. The first-order chi connectivity index (χ1) is 9.36. The van der Waals surface area contributed by atoms with Crippen molar-refractivity contribution in [3.8, 4) is 5.75 Å². The number of hydrogen-bond donors (Lipinski definition) is 1. The average molecular weight is 263 g/mol. The Morgan fingerprint density at radius 1 is 1.26 bits per heavy atom. The van der Waals surface area contributed by atoms with E-state index in [4.69, 9.17) is 9.47 Å². The van der Waals surface area contributed by atoms with Gasteiger partial charge in [-0.2, -0.15) is 0 Å². The standard InChI is InChI=1S/C16H25NO2/c1-3-5-6-10-18-11-12-19-16-9-7-8-15(13-16)14-17-4-2/h3,7-9,13,17H,1,4-6,10-12,14H2,2H3. The molecule has 0 amide bonds. The molecule has 1 N–H and O–H groups in total. The topological polar surface area (TPSA) is 30.5 Å². The fourth-order valence-electron chi connectivity index (χ4n) is 1.66. The van der Waals surface area contributed by atoms with Crippen molar-refractivity contribution in [2.45, 2.75) is 26.3 Å². The van der Waals surface area contributed by atoms with Crippen LogP contribution in [-0.2, 0) is 11.3 Å². The lowest BCUT2D eigenvalue weighted by Gasteiger charge is -2.09. The van der Waals surface area contributed by atoms with E-state index in [-0.39, 0.29) is 0 Å². The van der Waals surface area contributed by atoms with Crippen molar-refractivity contribution in [3.05, 3.63) is 42.5 Å². The monoisotopic (exact) mass is 263 g/mol. The Hall–Kier alpha value is -1.32. The Bertz CT molecular complexity index is 352. The number of benzene rings is 1. The fourth-order valence-corrected chi connectivity index (χ4v) is 1.66. The molecule has 0 unspecified atom stereocenters. The van der Waals surface area contributed by atoms with Crippen molar-refractivity contribution < 1.29 is 9.47 Å². The third-order valence-corrected chi connectivity index (χ3v) is 2.67. The highest BCUT2D eigenvalue weighted by Gasteiger charge is 1.97. The molecule has 0 heterocycles. The Morgan fingerprint density at radius 2 is 2.16 bits per heavy atom. The Kier molecular flexibility index (Phi) is 8.77. The van der Waals surface area contributed by atoms with Crippen molar-refractivity contribution in [1.82, 2.24) is 5.32 Å². The summed E-state index contributed by atoms with van der Waals surface area (Å²) >= 11 is 0. The van der Waals surface area contributed by atoms with Gasteiger partial charge >= 0.3 is 0 Å². The molecule has 0 aliphatic heterocycles. The van der Waals surface area contributed by atoms with Crippen molar-refractivity contribution in [1.29, 1.82) is 0 Å². The van der Waals surface area contributed by atoms with Gasteiger partial charge in [0.2, 0.25) is 0 Å². The van der Waals surface area contributed by atoms with Gasteiger partial charge < -0.3 is 14.8 Å². The first kappa shape index (κ1) is 15.7.